The Kier molecular flexibility index (Phi) is 10.1. The summed E-state index contributed by atoms with van der Waals surface area (Å²) in [6.45, 7) is 6.38. The highest BCUT2D eigenvalue weighted by molar-refractivity contribution is 7.80. The van der Waals surface area contributed by atoms with E-state index in [0.717, 1.165) is 0 Å². The molecule has 2 rings (SSSR count). The minimum absolute atomic E-state index is 0.0766. The van der Waals surface area contributed by atoms with Gasteiger partial charge in [0.15, 0.2) is 11.7 Å². The molecule has 176 valence electrons. The molecule has 0 unspecified atom stereocenters. The number of hydrogen-bond donors (Lipinski definition) is 3. The van der Waals surface area contributed by atoms with Gasteiger partial charge in [-0.3, -0.25) is 25.8 Å². The first kappa shape index (κ1) is 25.6. The second-order valence-electron chi connectivity index (χ2n) is 7.22. The highest BCUT2D eigenvalue weighted by atomic mass is 32.1. The number of rotatable bonds is 9. The summed E-state index contributed by atoms with van der Waals surface area (Å²) in [5.41, 5.74) is 5.53. The van der Waals surface area contributed by atoms with Crippen molar-refractivity contribution in [2.24, 2.45) is 5.92 Å². The molecule has 0 bridgehead atoms. The number of amides is 2. The summed E-state index contributed by atoms with van der Waals surface area (Å²) in [5.74, 6) is 0.0762. The fourth-order valence-corrected chi connectivity index (χ4v) is 2.53. The van der Waals surface area contributed by atoms with Crippen LogP contribution < -0.4 is 25.6 Å². The molecular formula is C23H27N3O6S. The summed E-state index contributed by atoms with van der Waals surface area (Å²) < 4.78 is 15.8. The Labute approximate surface area is 197 Å². The first-order valence-electron chi connectivity index (χ1n) is 10.3. The number of hydrogen-bond acceptors (Lipinski definition) is 7. The number of carbonyl (C=O) groups excluding carboxylic acids is 3. The third kappa shape index (κ3) is 9.16. The van der Waals surface area contributed by atoms with Crippen molar-refractivity contribution in [2.75, 3.05) is 19.8 Å². The predicted molar refractivity (Wildman–Crippen MR) is 126 cm³/mol. The Morgan fingerprint density at radius 3 is 2.03 bits per heavy atom. The molecule has 10 heteroatoms. The first-order chi connectivity index (χ1) is 15.8. The number of nitrogens with one attached hydrogen (secondary N) is 3. The summed E-state index contributed by atoms with van der Waals surface area (Å²) in [6, 6.07) is 12.8. The molecule has 2 amide bonds. The number of benzene rings is 2. The van der Waals surface area contributed by atoms with E-state index < -0.39 is 17.8 Å². The van der Waals surface area contributed by atoms with Crippen molar-refractivity contribution in [1.29, 1.82) is 0 Å². The third-order valence-corrected chi connectivity index (χ3v) is 4.18. The Morgan fingerprint density at radius 2 is 1.45 bits per heavy atom. The second kappa shape index (κ2) is 13.0. The average molecular weight is 474 g/mol. The van der Waals surface area contributed by atoms with Crippen LogP contribution in [0.2, 0.25) is 0 Å². The Morgan fingerprint density at radius 1 is 0.879 bits per heavy atom. The van der Waals surface area contributed by atoms with Gasteiger partial charge in [-0.15, -0.1) is 0 Å². The standard InChI is InChI=1S/C23H27N3O6S/c1-4-30-22(29)17-7-11-19(12-8-17)32-14-20(27)25-26-23(33)24-21(28)16-5-9-18(10-6-16)31-13-15(2)3/h5-12,15H,4,13-14H2,1-3H3,(H,25,27)(H2,24,26,28,33). The van der Waals surface area contributed by atoms with Crippen LogP contribution in [0.15, 0.2) is 48.5 Å². The summed E-state index contributed by atoms with van der Waals surface area (Å²) in [4.78, 5) is 35.8. The average Bonchev–Trinajstić information content (AvgIpc) is 2.80. The first-order valence-corrected chi connectivity index (χ1v) is 10.7. The van der Waals surface area contributed by atoms with Crippen LogP contribution in [0.4, 0.5) is 0 Å². The Hall–Kier alpha value is -3.66. The van der Waals surface area contributed by atoms with Crippen molar-refractivity contribution < 1.29 is 28.6 Å². The lowest BCUT2D eigenvalue weighted by atomic mass is 10.2. The lowest BCUT2D eigenvalue weighted by Crippen LogP contribution is -2.49. The maximum absolute atomic E-state index is 12.3. The highest BCUT2D eigenvalue weighted by Gasteiger charge is 2.10. The molecule has 0 heterocycles. The van der Waals surface area contributed by atoms with E-state index >= 15 is 0 Å². The molecular weight excluding hydrogens is 446 g/mol. The van der Waals surface area contributed by atoms with Gasteiger partial charge in [-0.2, -0.15) is 0 Å². The molecule has 0 aromatic heterocycles. The van der Waals surface area contributed by atoms with Crippen molar-refractivity contribution in [3.63, 3.8) is 0 Å². The SMILES string of the molecule is CCOC(=O)c1ccc(OCC(=O)NNC(=S)NC(=O)c2ccc(OCC(C)C)cc2)cc1. The van der Waals surface area contributed by atoms with E-state index in [9.17, 15) is 14.4 Å². The van der Waals surface area contributed by atoms with Crippen LogP contribution in [0, 0.1) is 5.92 Å². The summed E-state index contributed by atoms with van der Waals surface area (Å²) in [5, 5.41) is 2.39. The lowest BCUT2D eigenvalue weighted by molar-refractivity contribution is -0.123. The molecule has 33 heavy (non-hydrogen) atoms. The van der Waals surface area contributed by atoms with Gasteiger partial charge in [-0.25, -0.2) is 4.79 Å². The molecule has 0 aliphatic carbocycles. The fraction of sp³-hybridized carbons (Fsp3) is 0.304. The van der Waals surface area contributed by atoms with Crippen LogP contribution in [0.3, 0.4) is 0 Å². The molecule has 0 aliphatic rings. The van der Waals surface area contributed by atoms with Gasteiger partial charge in [0.05, 0.1) is 18.8 Å². The number of carbonyl (C=O) groups is 3. The number of ether oxygens (including phenoxy) is 3. The normalized spacial score (nSPS) is 10.2. The Bertz CT molecular complexity index is 961. The van der Waals surface area contributed by atoms with Crippen LogP contribution in [-0.4, -0.2) is 42.7 Å². The molecule has 0 radical (unpaired) electrons. The van der Waals surface area contributed by atoms with Crippen molar-refractivity contribution in [3.8, 4) is 11.5 Å². The minimum atomic E-state index is -0.521. The molecule has 2 aromatic carbocycles. The smallest absolute Gasteiger partial charge is 0.338 e. The summed E-state index contributed by atoms with van der Waals surface area (Å²) in [6.07, 6.45) is 0. The quantitative estimate of drug-likeness (QED) is 0.289. The topological polar surface area (TPSA) is 115 Å². The van der Waals surface area contributed by atoms with Crippen LogP contribution in [0.25, 0.3) is 0 Å². The van der Waals surface area contributed by atoms with Crippen molar-refractivity contribution in [2.45, 2.75) is 20.8 Å². The van der Waals surface area contributed by atoms with Gasteiger partial charge < -0.3 is 14.2 Å². The third-order valence-electron chi connectivity index (χ3n) is 3.98. The van der Waals surface area contributed by atoms with Crippen molar-refractivity contribution in [3.05, 3.63) is 59.7 Å². The number of thiocarbonyl (C=S) groups is 1. The van der Waals surface area contributed by atoms with Gasteiger partial charge in [0.25, 0.3) is 11.8 Å². The second-order valence-corrected chi connectivity index (χ2v) is 7.63. The van der Waals surface area contributed by atoms with Crippen LogP contribution in [0.5, 0.6) is 11.5 Å². The fourth-order valence-electron chi connectivity index (χ4n) is 2.39. The molecule has 9 nitrogen and oxygen atoms in total. The molecule has 2 aromatic rings. The summed E-state index contributed by atoms with van der Waals surface area (Å²) >= 11 is 5.02. The molecule has 0 fully saturated rings. The largest absolute Gasteiger partial charge is 0.493 e. The van der Waals surface area contributed by atoms with Crippen LogP contribution in [-0.2, 0) is 9.53 Å². The zero-order valence-corrected chi connectivity index (χ0v) is 19.5. The van der Waals surface area contributed by atoms with Gasteiger partial charge in [-0.05, 0) is 73.6 Å². The van der Waals surface area contributed by atoms with Gasteiger partial charge in [-0.1, -0.05) is 13.8 Å². The van der Waals surface area contributed by atoms with E-state index in [2.05, 4.69) is 16.2 Å². The number of esters is 1. The van der Waals surface area contributed by atoms with Crippen LogP contribution in [0.1, 0.15) is 41.5 Å². The zero-order chi connectivity index (χ0) is 24.2. The van der Waals surface area contributed by atoms with E-state index in [4.69, 9.17) is 26.4 Å². The molecule has 0 spiro atoms. The maximum atomic E-state index is 12.3. The maximum Gasteiger partial charge on any atom is 0.338 e. The summed E-state index contributed by atoms with van der Waals surface area (Å²) in [7, 11) is 0. The van der Waals surface area contributed by atoms with E-state index in [1.807, 2.05) is 13.8 Å². The molecule has 0 aliphatic heterocycles. The predicted octanol–water partition coefficient (Wildman–Crippen LogP) is 2.61. The van der Waals surface area contributed by atoms with E-state index in [1.165, 1.54) is 12.1 Å². The van der Waals surface area contributed by atoms with Crippen LogP contribution >= 0.6 is 12.2 Å². The van der Waals surface area contributed by atoms with Gasteiger partial charge in [0.2, 0.25) is 0 Å². The lowest BCUT2D eigenvalue weighted by Gasteiger charge is -2.12. The van der Waals surface area contributed by atoms with E-state index in [1.54, 1.807) is 43.3 Å². The molecule has 0 atom stereocenters. The highest BCUT2D eigenvalue weighted by Crippen LogP contribution is 2.14. The molecule has 0 saturated heterocycles. The van der Waals surface area contributed by atoms with Gasteiger partial charge in [0, 0.05) is 5.56 Å². The Balaban J connectivity index is 1.71. The van der Waals surface area contributed by atoms with Crippen molar-refractivity contribution in [1.82, 2.24) is 16.2 Å². The number of hydrazine groups is 1. The van der Waals surface area contributed by atoms with Gasteiger partial charge in [0.1, 0.15) is 11.5 Å². The van der Waals surface area contributed by atoms with Gasteiger partial charge >= 0.3 is 5.97 Å². The van der Waals surface area contributed by atoms with E-state index in [0.29, 0.717) is 35.2 Å². The monoisotopic (exact) mass is 473 g/mol. The zero-order valence-electron chi connectivity index (χ0n) is 18.7. The minimum Gasteiger partial charge on any atom is -0.493 e. The van der Waals surface area contributed by atoms with Crippen molar-refractivity contribution >= 4 is 35.1 Å². The molecule has 0 saturated carbocycles. The van der Waals surface area contributed by atoms with E-state index in [-0.39, 0.29) is 18.3 Å². The molecule has 3 N–H and O–H groups in total.